The molecule has 0 aromatic carbocycles. The van der Waals surface area contributed by atoms with Gasteiger partial charge in [-0.1, -0.05) is 13.3 Å². The summed E-state index contributed by atoms with van der Waals surface area (Å²) in [7, 11) is 0. The van der Waals surface area contributed by atoms with Crippen LogP contribution in [0.3, 0.4) is 0 Å². The van der Waals surface area contributed by atoms with E-state index in [4.69, 9.17) is 10.4 Å². The first-order chi connectivity index (χ1) is 9.47. The van der Waals surface area contributed by atoms with Gasteiger partial charge in [0.05, 0.1) is 11.3 Å². The Morgan fingerprint density at radius 1 is 1.65 bits per heavy atom. The Labute approximate surface area is 115 Å². The lowest BCUT2D eigenvalue weighted by Crippen LogP contribution is -2.23. The van der Waals surface area contributed by atoms with E-state index in [0.29, 0.717) is 6.42 Å². The Balaban J connectivity index is 2.93. The highest BCUT2D eigenvalue weighted by molar-refractivity contribution is 5.68. The van der Waals surface area contributed by atoms with Gasteiger partial charge in [0.25, 0.3) is 0 Å². The number of carboxylic acid groups (broad SMARTS) is 1. The second-order valence-electron chi connectivity index (χ2n) is 4.16. The number of aromatic nitrogens is 1. The van der Waals surface area contributed by atoms with Crippen LogP contribution in [0.1, 0.15) is 31.9 Å². The molecule has 1 heterocycles. The predicted molar refractivity (Wildman–Crippen MR) is 70.2 cm³/mol. The number of hydrogen-bond acceptors (Lipinski definition) is 6. The van der Waals surface area contributed by atoms with Gasteiger partial charge in [-0.25, -0.2) is 4.98 Å². The molecule has 0 spiro atoms. The van der Waals surface area contributed by atoms with Gasteiger partial charge in [-0.2, -0.15) is 5.26 Å². The van der Waals surface area contributed by atoms with Gasteiger partial charge in [0.2, 0.25) is 5.69 Å². The molecule has 2 N–H and O–H groups in total. The molecular weight excluding hydrogens is 264 g/mol. The number of aliphatic carboxylic acids is 1. The fraction of sp³-hybridized carbons (Fsp3) is 0.417. The van der Waals surface area contributed by atoms with Crippen molar-refractivity contribution in [1.82, 2.24) is 4.98 Å². The zero-order chi connectivity index (χ0) is 15.1. The van der Waals surface area contributed by atoms with E-state index in [0.717, 1.165) is 6.42 Å². The van der Waals surface area contributed by atoms with Crippen LogP contribution in [0.4, 0.5) is 11.5 Å². The van der Waals surface area contributed by atoms with Crippen molar-refractivity contribution in [3.8, 4) is 6.07 Å². The maximum absolute atomic E-state index is 10.7. The molecular formula is C12H14N4O4. The summed E-state index contributed by atoms with van der Waals surface area (Å²) in [6, 6.07) is 3.86. The molecule has 0 radical (unpaired) electrons. The molecule has 1 atom stereocenters. The van der Waals surface area contributed by atoms with Crippen molar-refractivity contribution >= 4 is 17.5 Å². The van der Waals surface area contributed by atoms with E-state index in [-0.39, 0.29) is 29.7 Å². The molecule has 0 aliphatic heterocycles. The number of nitro groups is 1. The van der Waals surface area contributed by atoms with Crippen molar-refractivity contribution in [2.45, 2.75) is 32.2 Å². The van der Waals surface area contributed by atoms with E-state index in [9.17, 15) is 14.9 Å². The first kappa shape index (κ1) is 15.4. The molecule has 0 aliphatic carbocycles. The van der Waals surface area contributed by atoms with Crippen molar-refractivity contribution in [3.05, 3.63) is 27.9 Å². The number of carboxylic acids is 1. The molecule has 1 aromatic rings. The van der Waals surface area contributed by atoms with Gasteiger partial charge in [0, 0.05) is 12.1 Å². The van der Waals surface area contributed by atoms with Gasteiger partial charge in [-0.3, -0.25) is 14.9 Å². The van der Waals surface area contributed by atoms with Crippen LogP contribution in [0, 0.1) is 21.4 Å². The van der Waals surface area contributed by atoms with Gasteiger partial charge in [0.1, 0.15) is 11.9 Å². The maximum Gasteiger partial charge on any atom is 0.305 e. The molecule has 1 unspecified atom stereocenters. The third-order valence-corrected chi connectivity index (χ3v) is 2.59. The fourth-order valence-corrected chi connectivity index (χ4v) is 1.76. The summed E-state index contributed by atoms with van der Waals surface area (Å²) in [5.74, 6) is -0.690. The number of hydrogen-bond donors (Lipinski definition) is 2. The van der Waals surface area contributed by atoms with Crippen LogP contribution in [0.5, 0.6) is 0 Å². The standard InChI is InChI=1S/C12H14N4O4/c1-2-3-8(6-12(17)18)14-11-5-4-10(16(19)20)9(7-13)15-11/h4-5,8H,2-3,6H2,1H3,(H,14,15)(H,17,18). The van der Waals surface area contributed by atoms with Crippen molar-refractivity contribution in [1.29, 1.82) is 5.26 Å². The summed E-state index contributed by atoms with van der Waals surface area (Å²) < 4.78 is 0. The Morgan fingerprint density at radius 3 is 2.85 bits per heavy atom. The SMILES string of the molecule is CCCC(CC(=O)O)Nc1ccc([N+](=O)[O-])c(C#N)n1. The van der Waals surface area contributed by atoms with E-state index in [1.807, 2.05) is 6.92 Å². The van der Waals surface area contributed by atoms with E-state index < -0.39 is 10.9 Å². The van der Waals surface area contributed by atoms with Crippen LogP contribution in [-0.2, 0) is 4.79 Å². The average molecular weight is 278 g/mol. The minimum absolute atomic E-state index is 0.0889. The topological polar surface area (TPSA) is 129 Å². The molecule has 8 heteroatoms. The number of pyridine rings is 1. The van der Waals surface area contributed by atoms with Crippen molar-refractivity contribution in [3.63, 3.8) is 0 Å². The van der Waals surface area contributed by atoms with Crippen LogP contribution in [0.15, 0.2) is 12.1 Å². The summed E-state index contributed by atoms with van der Waals surface area (Å²) in [5.41, 5.74) is -0.672. The highest BCUT2D eigenvalue weighted by Gasteiger charge is 2.18. The Hall–Kier alpha value is -2.69. The van der Waals surface area contributed by atoms with Gasteiger partial charge < -0.3 is 10.4 Å². The lowest BCUT2D eigenvalue weighted by Gasteiger charge is -2.16. The van der Waals surface area contributed by atoms with Gasteiger partial charge in [-0.15, -0.1) is 0 Å². The zero-order valence-electron chi connectivity index (χ0n) is 10.9. The van der Waals surface area contributed by atoms with Crippen LogP contribution in [-0.4, -0.2) is 27.0 Å². The van der Waals surface area contributed by atoms with Crippen molar-refractivity contribution in [2.75, 3.05) is 5.32 Å². The van der Waals surface area contributed by atoms with E-state index in [1.165, 1.54) is 12.1 Å². The summed E-state index contributed by atoms with van der Waals surface area (Å²) in [4.78, 5) is 24.6. The van der Waals surface area contributed by atoms with Gasteiger partial charge >= 0.3 is 11.7 Å². The lowest BCUT2D eigenvalue weighted by molar-refractivity contribution is -0.385. The summed E-state index contributed by atoms with van der Waals surface area (Å²) in [5, 5.41) is 31.2. The zero-order valence-corrected chi connectivity index (χ0v) is 10.9. The molecule has 0 saturated heterocycles. The number of nitrogens with one attached hydrogen (secondary N) is 1. The molecule has 8 nitrogen and oxygen atoms in total. The van der Waals surface area contributed by atoms with Gasteiger partial charge in [-0.05, 0) is 12.5 Å². The number of carbonyl (C=O) groups is 1. The van der Waals surface area contributed by atoms with E-state index in [2.05, 4.69) is 10.3 Å². The smallest absolute Gasteiger partial charge is 0.305 e. The summed E-state index contributed by atoms with van der Waals surface area (Å²) in [6.45, 7) is 1.92. The molecule has 0 fully saturated rings. The Morgan fingerprint density at radius 2 is 2.35 bits per heavy atom. The van der Waals surface area contributed by atoms with Crippen molar-refractivity contribution in [2.24, 2.45) is 0 Å². The van der Waals surface area contributed by atoms with Crippen LogP contribution in [0.25, 0.3) is 0 Å². The molecule has 0 aliphatic rings. The van der Waals surface area contributed by atoms with Crippen LogP contribution >= 0.6 is 0 Å². The second-order valence-corrected chi connectivity index (χ2v) is 4.16. The molecule has 0 bridgehead atoms. The largest absolute Gasteiger partial charge is 0.481 e. The average Bonchev–Trinajstić information content (AvgIpc) is 2.37. The fourth-order valence-electron chi connectivity index (χ4n) is 1.76. The minimum Gasteiger partial charge on any atom is -0.481 e. The summed E-state index contributed by atoms with van der Waals surface area (Å²) >= 11 is 0. The maximum atomic E-state index is 10.7. The molecule has 20 heavy (non-hydrogen) atoms. The third kappa shape index (κ3) is 4.20. The molecule has 0 saturated carbocycles. The third-order valence-electron chi connectivity index (χ3n) is 2.59. The van der Waals surface area contributed by atoms with Crippen molar-refractivity contribution < 1.29 is 14.8 Å². The lowest BCUT2D eigenvalue weighted by atomic mass is 10.1. The highest BCUT2D eigenvalue weighted by Crippen LogP contribution is 2.19. The molecule has 1 rings (SSSR count). The highest BCUT2D eigenvalue weighted by atomic mass is 16.6. The molecule has 1 aromatic heterocycles. The second kappa shape index (κ2) is 7.04. The quantitative estimate of drug-likeness (QED) is 0.575. The van der Waals surface area contributed by atoms with Crippen LogP contribution in [0.2, 0.25) is 0 Å². The first-order valence-electron chi connectivity index (χ1n) is 6.01. The minimum atomic E-state index is -0.946. The predicted octanol–water partition coefficient (Wildman–Crippen LogP) is 1.92. The Kier molecular flexibility index (Phi) is 5.41. The normalized spacial score (nSPS) is 11.4. The molecule has 106 valence electrons. The summed E-state index contributed by atoms with van der Waals surface area (Å²) in [6.07, 6.45) is 1.31. The number of nitriles is 1. The molecule has 0 amide bonds. The van der Waals surface area contributed by atoms with E-state index in [1.54, 1.807) is 6.07 Å². The van der Waals surface area contributed by atoms with Gasteiger partial charge in [0.15, 0.2) is 0 Å². The number of rotatable bonds is 7. The van der Waals surface area contributed by atoms with Crippen LogP contribution < -0.4 is 5.32 Å². The first-order valence-corrected chi connectivity index (χ1v) is 6.01. The Bertz CT molecular complexity index is 553. The number of nitrogens with zero attached hydrogens (tertiary/aromatic N) is 3. The monoisotopic (exact) mass is 278 g/mol. The number of anilines is 1. The van der Waals surface area contributed by atoms with E-state index >= 15 is 0 Å².